The average molecular weight is 801 g/mol. The van der Waals surface area contributed by atoms with Gasteiger partial charge < -0.3 is 39.4 Å². The first-order chi connectivity index (χ1) is 27.4. The van der Waals surface area contributed by atoms with E-state index in [1.165, 1.54) is 180 Å². The van der Waals surface area contributed by atoms with Gasteiger partial charge >= 0.3 is 5.97 Å². The van der Waals surface area contributed by atoms with Crippen molar-refractivity contribution in [1.82, 2.24) is 0 Å². The molecule has 1 aliphatic heterocycles. The molecule has 0 aromatic heterocycles. The molecule has 9 heteroatoms. The summed E-state index contributed by atoms with van der Waals surface area (Å²) in [4.78, 5) is 12.8. The third kappa shape index (κ3) is 30.3. The van der Waals surface area contributed by atoms with Gasteiger partial charge in [0.1, 0.15) is 30.5 Å². The molecule has 0 aromatic rings. The van der Waals surface area contributed by atoms with Gasteiger partial charge in [0.2, 0.25) is 0 Å². The van der Waals surface area contributed by atoms with Crippen LogP contribution in [0.5, 0.6) is 0 Å². The Hall–Kier alpha value is -0.810. The lowest BCUT2D eigenvalue weighted by Crippen LogP contribution is -2.59. The van der Waals surface area contributed by atoms with Gasteiger partial charge in [-0.25, -0.2) is 0 Å². The molecule has 0 spiro atoms. The van der Waals surface area contributed by atoms with Crippen molar-refractivity contribution in [3.05, 3.63) is 0 Å². The number of hydrogen-bond acceptors (Lipinski definition) is 9. The summed E-state index contributed by atoms with van der Waals surface area (Å²) < 4.78 is 22.9. The SMILES string of the molecule is CCCCCCCCCCCCCCCCCCCC(=O)OC(COCCCCCCCCCCCCCCCCCC)COC1OC(CO)C(O)C(O)C1O. The van der Waals surface area contributed by atoms with Crippen molar-refractivity contribution in [2.75, 3.05) is 26.4 Å². The van der Waals surface area contributed by atoms with Crippen molar-refractivity contribution in [2.24, 2.45) is 0 Å². The topological polar surface area (TPSA) is 135 Å². The Balaban J connectivity index is 2.21. The van der Waals surface area contributed by atoms with Gasteiger partial charge in [-0.05, 0) is 12.8 Å². The number of rotatable bonds is 42. The fourth-order valence-electron chi connectivity index (χ4n) is 7.73. The summed E-state index contributed by atoms with van der Waals surface area (Å²) in [6.07, 6.45) is 35.5. The van der Waals surface area contributed by atoms with Gasteiger partial charge in [0.15, 0.2) is 6.29 Å². The van der Waals surface area contributed by atoms with Crippen LogP contribution in [0.3, 0.4) is 0 Å². The number of unbranched alkanes of at least 4 members (excludes halogenated alkanes) is 31. The normalized spacial score (nSPS) is 20.4. The number of aliphatic hydroxyl groups is 4. The zero-order valence-corrected chi connectivity index (χ0v) is 36.7. The first kappa shape index (κ1) is 53.2. The molecule has 6 atom stereocenters. The van der Waals surface area contributed by atoms with Crippen LogP contribution in [-0.4, -0.2) is 89.6 Å². The largest absolute Gasteiger partial charge is 0.457 e. The molecule has 4 N–H and O–H groups in total. The number of aliphatic hydroxyl groups excluding tert-OH is 4. The van der Waals surface area contributed by atoms with E-state index < -0.39 is 43.4 Å². The van der Waals surface area contributed by atoms with Crippen LogP contribution in [-0.2, 0) is 23.7 Å². The van der Waals surface area contributed by atoms with Gasteiger partial charge in [-0.2, -0.15) is 0 Å². The summed E-state index contributed by atoms with van der Waals surface area (Å²) in [5, 5.41) is 40.1. The van der Waals surface area contributed by atoms with Crippen LogP contribution in [0.15, 0.2) is 0 Å². The standard InChI is InChI=1S/C47H92O9/c1-3-5-7-9-11-13-15-17-19-21-22-24-26-28-30-32-34-36-43(49)55-41(40-54-47-46(52)45(51)44(50)42(38-48)56-47)39-53-37-35-33-31-29-27-25-23-20-18-16-14-12-10-8-6-4-2/h41-42,44-48,50-52H,3-40H2,1-2H3. The summed E-state index contributed by atoms with van der Waals surface area (Å²) in [7, 11) is 0. The fourth-order valence-corrected chi connectivity index (χ4v) is 7.73. The molecule has 9 nitrogen and oxygen atoms in total. The predicted octanol–water partition coefficient (Wildman–Crippen LogP) is 11.0. The molecular formula is C47H92O9. The minimum Gasteiger partial charge on any atom is -0.457 e. The van der Waals surface area contributed by atoms with Crippen molar-refractivity contribution in [1.29, 1.82) is 0 Å². The average Bonchev–Trinajstić information content (AvgIpc) is 3.20. The lowest BCUT2D eigenvalue weighted by atomic mass is 9.99. The predicted molar refractivity (Wildman–Crippen MR) is 229 cm³/mol. The third-order valence-electron chi connectivity index (χ3n) is 11.5. The van der Waals surface area contributed by atoms with Crippen LogP contribution in [0.25, 0.3) is 0 Å². The molecule has 56 heavy (non-hydrogen) atoms. The minimum absolute atomic E-state index is 0.105. The second-order valence-corrected chi connectivity index (χ2v) is 16.9. The Bertz CT molecular complexity index is 827. The molecule has 0 amide bonds. The number of esters is 1. The monoisotopic (exact) mass is 801 g/mol. The molecule has 1 aliphatic rings. The zero-order valence-electron chi connectivity index (χ0n) is 36.7. The van der Waals surface area contributed by atoms with Crippen molar-refractivity contribution >= 4 is 5.97 Å². The van der Waals surface area contributed by atoms with Crippen LogP contribution < -0.4 is 0 Å². The third-order valence-corrected chi connectivity index (χ3v) is 11.5. The molecule has 0 bridgehead atoms. The van der Waals surface area contributed by atoms with Crippen LogP contribution in [0.2, 0.25) is 0 Å². The molecule has 0 radical (unpaired) electrons. The Morgan fingerprint density at radius 2 is 0.875 bits per heavy atom. The smallest absolute Gasteiger partial charge is 0.306 e. The lowest BCUT2D eigenvalue weighted by Gasteiger charge is -2.39. The van der Waals surface area contributed by atoms with Gasteiger partial charge in [0, 0.05) is 13.0 Å². The van der Waals surface area contributed by atoms with E-state index in [0.29, 0.717) is 13.0 Å². The summed E-state index contributed by atoms with van der Waals surface area (Å²) >= 11 is 0. The van der Waals surface area contributed by atoms with Crippen LogP contribution in [0.1, 0.15) is 232 Å². The highest BCUT2D eigenvalue weighted by Crippen LogP contribution is 2.23. The van der Waals surface area contributed by atoms with E-state index >= 15 is 0 Å². The van der Waals surface area contributed by atoms with E-state index in [9.17, 15) is 25.2 Å². The summed E-state index contributed by atoms with van der Waals surface area (Å²) in [6, 6.07) is 0. The van der Waals surface area contributed by atoms with E-state index in [1.54, 1.807) is 0 Å². The van der Waals surface area contributed by atoms with Crippen molar-refractivity contribution in [2.45, 2.75) is 269 Å². The maximum Gasteiger partial charge on any atom is 0.306 e. The van der Waals surface area contributed by atoms with E-state index in [1.807, 2.05) is 0 Å². The zero-order chi connectivity index (χ0) is 40.7. The van der Waals surface area contributed by atoms with E-state index in [2.05, 4.69) is 13.8 Å². The molecule has 0 saturated carbocycles. The van der Waals surface area contributed by atoms with Gasteiger partial charge in [-0.3, -0.25) is 4.79 Å². The number of ether oxygens (including phenoxy) is 4. The highest BCUT2D eigenvalue weighted by atomic mass is 16.7. The summed E-state index contributed by atoms with van der Waals surface area (Å²) in [5.74, 6) is -0.306. The first-order valence-corrected chi connectivity index (χ1v) is 24.1. The van der Waals surface area contributed by atoms with Crippen molar-refractivity contribution in [3.8, 4) is 0 Å². The Morgan fingerprint density at radius 1 is 0.500 bits per heavy atom. The summed E-state index contributed by atoms with van der Waals surface area (Å²) in [6.45, 7) is 4.62. The van der Waals surface area contributed by atoms with Crippen LogP contribution in [0.4, 0.5) is 0 Å². The fraction of sp³-hybridized carbons (Fsp3) is 0.979. The van der Waals surface area contributed by atoms with Crippen LogP contribution >= 0.6 is 0 Å². The second kappa shape index (κ2) is 39.6. The lowest BCUT2D eigenvalue weighted by molar-refractivity contribution is -0.305. The van der Waals surface area contributed by atoms with E-state index in [4.69, 9.17) is 18.9 Å². The molecule has 1 rings (SSSR count). The molecule has 0 aliphatic carbocycles. The molecule has 0 aromatic carbocycles. The van der Waals surface area contributed by atoms with Crippen molar-refractivity contribution in [3.63, 3.8) is 0 Å². The van der Waals surface area contributed by atoms with Gasteiger partial charge in [-0.1, -0.05) is 213 Å². The second-order valence-electron chi connectivity index (χ2n) is 16.9. The molecule has 6 unspecified atom stereocenters. The highest BCUT2D eigenvalue weighted by molar-refractivity contribution is 5.69. The molecule has 1 fully saturated rings. The van der Waals surface area contributed by atoms with Gasteiger partial charge in [0.05, 0.1) is 19.8 Å². The number of carbonyl (C=O) groups is 1. The molecular weight excluding hydrogens is 709 g/mol. The van der Waals surface area contributed by atoms with Crippen LogP contribution in [0, 0.1) is 0 Å². The highest BCUT2D eigenvalue weighted by Gasteiger charge is 2.44. The first-order valence-electron chi connectivity index (χ1n) is 24.1. The Labute approximate surface area is 344 Å². The number of hydrogen-bond donors (Lipinski definition) is 4. The molecule has 1 saturated heterocycles. The van der Waals surface area contributed by atoms with E-state index in [-0.39, 0.29) is 19.2 Å². The Kier molecular flexibility index (Phi) is 37.7. The maximum atomic E-state index is 12.8. The Morgan fingerprint density at radius 3 is 1.27 bits per heavy atom. The molecule has 334 valence electrons. The quantitative estimate of drug-likeness (QED) is 0.0351. The molecule has 1 heterocycles. The maximum absolute atomic E-state index is 12.8. The van der Waals surface area contributed by atoms with Gasteiger partial charge in [0.25, 0.3) is 0 Å². The summed E-state index contributed by atoms with van der Waals surface area (Å²) in [5.41, 5.74) is 0. The minimum atomic E-state index is -1.53. The number of carbonyl (C=O) groups excluding carboxylic acids is 1. The van der Waals surface area contributed by atoms with Gasteiger partial charge in [-0.15, -0.1) is 0 Å². The van der Waals surface area contributed by atoms with E-state index in [0.717, 1.165) is 32.1 Å². The van der Waals surface area contributed by atoms with Crippen molar-refractivity contribution < 1.29 is 44.2 Å².